The summed E-state index contributed by atoms with van der Waals surface area (Å²) < 4.78 is 23.5. The molecule has 0 aromatic heterocycles. The molecule has 0 aliphatic rings. The Morgan fingerprint density at radius 1 is 1.60 bits per heavy atom. The number of benzene rings is 1. The van der Waals surface area contributed by atoms with E-state index in [4.69, 9.17) is 0 Å². The van der Waals surface area contributed by atoms with Gasteiger partial charge in [0.25, 0.3) is 5.91 Å². The second-order valence-electron chi connectivity index (χ2n) is 3.04. The molecule has 1 rings (SSSR count). The summed E-state index contributed by atoms with van der Waals surface area (Å²) >= 11 is -0.932. The van der Waals surface area contributed by atoms with Crippen molar-refractivity contribution >= 4 is 17.1 Å². The van der Waals surface area contributed by atoms with Gasteiger partial charge < -0.3 is 9.87 Å². The van der Waals surface area contributed by atoms with E-state index >= 15 is 0 Å². The highest BCUT2D eigenvalue weighted by Gasteiger charge is 2.06. The lowest BCUT2D eigenvalue weighted by molar-refractivity contribution is 0.0955. The molecule has 1 aromatic rings. The van der Waals surface area contributed by atoms with Crippen LogP contribution in [0.2, 0.25) is 0 Å². The van der Waals surface area contributed by atoms with Crippen molar-refractivity contribution in [2.75, 3.05) is 18.6 Å². The van der Waals surface area contributed by atoms with Crippen LogP contribution in [0.1, 0.15) is 10.4 Å². The first-order valence-electron chi connectivity index (χ1n) is 4.43. The minimum absolute atomic E-state index is 0.275. The summed E-state index contributed by atoms with van der Waals surface area (Å²) in [5.41, 5.74) is 0.275. The lowest BCUT2D eigenvalue weighted by Gasteiger charge is -2.06. The summed E-state index contributed by atoms with van der Waals surface area (Å²) in [6, 6.07) is 5.44. The quantitative estimate of drug-likeness (QED) is 0.781. The smallest absolute Gasteiger partial charge is 0.251 e. The van der Waals surface area contributed by atoms with Crippen LogP contribution in [0, 0.1) is 5.82 Å². The lowest BCUT2D eigenvalue weighted by Crippen LogP contribution is -2.28. The summed E-state index contributed by atoms with van der Waals surface area (Å²) in [6.07, 6.45) is 1.56. The Bertz CT molecular complexity index is 344. The fourth-order valence-electron chi connectivity index (χ4n) is 1.04. The highest BCUT2D eigenvalue weighted by Crippen LogP contribution is 2.02. The molecule has 0 fully saturated rings. The van der Waals surface area contributed by atoms with Gasteiger partial charge in [0.15, 0.2) is 0 Å². The van der Waals surface area contributed by atoms with Crippen LogP contribution in [-0.4, -0.2) is 29.0 Å². The number of halogens is 1. The zero-order valence-corrected chi connectivity index (χ0v) is 9.14. The fraction of sp³-hybridized carbons (Fsp3) is 0.300. The van der Waals surface area contributed by atoms with E-state index in [9.17, 15) is 13.7 Å². The molecule has 0 aliphatic carbocycles. The molecule has 1 N–H and O–H groups in total. The molecule has 3 nitrogen and oxygen atoms in total. The highest BCUT2D eigenvalue weighted by atomic mass is 32.2. The van der Waals surface area contributed by atoms with Gasteiger partial charge >= 0.3 is 0 Å². The van der Waals surface area contributed by atoms with Crippen molar-refractivity contribution < 1.29 is 13.7 Å². The van der Waals surface area contributed by atoms with Crippen LogP contribution >= 0.6 is 0 Å². The van der Waals surface area contributed by atoms with Crippen LogP contribution < -0.4 is 5.32 Å². The third kappa shape index (κ3) is 4.31. The molecule has 0 saturated heterocycles. The molecule has 0 heterocycles. The third-order valence-corrected chi connectivity index (χ3v) is 2.54. The molecular formula is C10H12FNO2S. The third-order valence-electron chi connectivity index (χ3n) is 1.76. The summed E-state index contributed by atoms with van der Waals surface area (Å²) in [4.78, 5) is 11.4. The molecule has 1 atom stereocenters. The predicted octanol–water partition coefficient (Wildman–Crippen LogP) is 0.934. The van der Waals surface area contributed by atoms with Crippen molar-refractivity contribution in [3.8, 4) is 0 Å². The van der Waals surface area contributed by atoms with Crippen LogP contribution in [0.15, 0.2) is 24.3 Å². The van der Waals surface area contributed by atoms with Gasteiger partial charge in [-0.1, -0.05) is 17.2 Å². The Morgan fingerprint density at radius 2 is 2.33 bits per heavy atom. The maximum atomic E-state index is 12.7. The average Bonchev–Trinajstić information content (AvgIpc) is 2.17. The van der Waals surface area contributed by atoms with Crippen LogP contribution in [0.5, 0.6) is 0 Å². The summed E-state index contributed by atoms with van der Waals surface area (Å²) in [7, 11) is 0. The minimum Gasteiger partial charge on any atom is -0.617 e. The maximum absolute atomic E-state index is 12.7. The first-order valence-corrected chi connectivity index (χ1v) is 6.16. The first kappa shape index (κ1) is 12.0. The van der Waals surface area contributed by atoms with Crippen LogP contribution in [0.4, 0.5) is 4.39 Å². The fourth-order valence-corrected chi connectivity index (χ4v) is 1.43. The zero-order valence-electron chi connectivity index (χ0n) is 8.33. The number of carbonyl (C=O) groups excluding carboxylic acids is 1. The second-order valence-corrected chi connectivity index (χ2v) is 4.60. The number of amides is 1. The van der Waals surface area contributed by atoms with Crippen molar-refractivity contribution in [1.82, 2.24) is 5.32 Å². The van der Waals surface area contributed by atoms with Crippen LogP contribution in [0.3, 0.4) is 0 Å². The van der Waals surface area contributed by atoms with E-state index in [1.807, 2.05) is 0 Å². The molecule has 1 amide bonds. The average molecular weight is 229 g/mol. The van der Waals surface area contributed by atoms with E-state index in [0.717, 1.165) is 6.07 Å². The van der Waals surface area contributed by atoms with Crippen molar-refractivity contribution in [2.45, 2.75) is 0 Å². The number of hydrogen-bond acceptors (Lipinski definition) is 2. The molecular weight excluding hydrogens is 217 g/mol. The molecule has 82 valence electrons. The van der Waals surface area contributed by atoms with Gasteiger partial charge in [-0.15, -0.1) is 0 Å². The monoisotopic (exact) mass is 229 g/mol. The molecule has 5 heteroatoms. The molecule has 0 bridgehead atoms. The van der Waals surface area contributed by atoms with Gasteiger partial charge in [-0.3, -0.25) is 4.79 Å². The van der Waals surface area contributed by atoms with Gasteiger partial charge in [0.05, 0.1) is 12.8 Å². The van der Waals surface area contributed by atoms with Gasteiger partial charge in [-0.2, -0.15) is 0 Å². The van der Waals surface area contributed by atoms with Gasteiger partial charge in [0, 0.05) is 5.56 Å². The zero-order chi connectivity index (χ0) is 11.3. The number of hydrogen-bond donors (Lipinski definition) is 1. The van der Waals surface area contributed by atoms with Gasteiger partial charge in [-0.05, 0) is 18.2 Å². The van der Waals surface area contributed by atoms with Crippen molar-refractivity contribution in [3.05, 3.63) is 35.6 Å². The second kappa shape index (κ2) is 5.72. The standard InChI is InChI=1S/C10H12FNO2S/c1-15(14)6-5-12-10(13)8-3-2-4-9(11)7-8/h2-4,7H,5-6H2,1H3,(H,12,13). The lowest BCUT2D eigenvalue weighted by atomic mass is 10.2. The Labute approximate surface area is 90.9 Å². The van der Waals surface area contributed by atoms with Crippen molar-refractivity contribution in [1.29, 1.82) is 0 Å². The Balaban J connectivity index is 2.47. The first-order chi connectivity index (χ1) is 7.09. The molecule has 0 radical (unpaired) electrons. The Hall–Kier alpha value is -1.07. The van der Waals surface area contributed by atoms with Gasteiger partial charge in [0.1, 0.15) is 11.6 Å². The van der Waals surface area contributed by atoms with Gasteiger partial charge in [-0.25, -0.2) is 4.39 Å². The summed E-state index contributed by atoms with van der Waals surface area (Å²) in [5.74, 6) is -0.386. The number of rotatable bonds is 4. The molecule has 0 spiro atoms. The van der Waals surface area contributed by atoms with Crippen LogP contribution in [0.25, 0.3) is 0 Å². The Kier molecular flexibility index (Phi) is 4.58. The Morgan fingerprint density at radius 3 is 2.93 bits per heavy atom. The summed E-state index contributed by atoms with van der Waals surface area (Å²) in [5, 5.41) is 2.56. The topological polar surface area (TPSA) is 52.2 Å². The van der Waals surface area contributed by atoms with Crippen molar-refractivity contribution in [2.24, 2.45) is 0 Å². The van der Waals surface area contributed by atoms with E-state index in [1.54, 1.807) is 6.26 Å². The molecule has 0 saturated carbocycles. The van der Waals surface area contributed by atoms with E-state index in [-0.39, 0.29) is 11.5 Å². The van der Waals surface area contributed by atoms with E-state index in [0.29, 0.717) is 12.3 Å². The molecule has 15 heavy (non-hydrogen) atoms. The number of carbonyl (C=O) groups is 1. The van der Waals surface area contributed by atoms with E-state index in [2.05, 4.69) is 5.32 Å². The largest absolute Gasteiger partial charge is 0.617 e. The summed E-state index contributed by atoms with van der Waals surface area (Å²) in [6.45, 7) is 0.332. The SMILES string of the molecule is C[S+]([O-])CCNC(=O)c1cccc(F)c1. The van der Waals surface area contributed by atoms with Crippen molar-refractivity contribution in [3.63, 3.8) is 0 Å². The molecule has 0 aliphatic heterocycles. The van der Waals surface area contributed by atoms with Gasteiger partial charge in [0.2, 0.25) is 0 Å². The number of nitrogens with one attached hydrogen (secondary N) is 1. The highest BCUT2D eigenvalue weighted by molar-refractivity contribution is 7.90. The van der Waals surface area contributed by atoms with E-state index < -0.39 is 17.0 Å². The van der Waals surface area contributed by atoms with E-state index in [1.165, 1.54) is 18.2 Å². The predicted molar refractivity (Wildman–Crippen MR) is 57.7 cm³/mol. The maximum Gasteiger partial charge on any atom is 0.251 e. The molecule has 1 unspecified atom stereocenters. The van der Waals surface area contributed by atoms with Crippen LogP contribution in [-0.2, 0) is 11.2 Å². The minimum atomic E-state index is -0.932. The normalized spacial score (nSPS) is 12.2. The molecule has 1 aromatic carbocycles.